The zero-order chi connectivity index (χ0) is 38.6. The van der Waals surface area contributed by atoms with Gasteiger partial charge in [0.25, 0.3) is 0 Å². The molecule has 0 N–H and O–H groups in total. The Morgan fingerprint density at radius 1 is 0.455 bits per heavy atom. The van der Waals surface area contributed by atoms with Crippen molar-refractivity contribution in [3.05, 3.63) is 94.1 Å². The van der Waals surface area contributed by atoms with Gasteiger partial charge in [0.2, 0.25) is 0 Å². The standard InChI is InChI=1S/C50H70F4O/c1-3-5-35-7-11-37(12-8-35)15-17-39-19-23-41(24-20-39)43-31-47(51)45(48(52)32-43)27-29-55-30-28-46-49(53)33-44(34-50(46)54)42-25-21-40(22-26-42)18-16-38-13-9-36(6-4-2)10-14-38/h3-6,31-42H,7-30H2,1-2H3/b5-3+,6-4+. The first-order valence-electron chi connectivity index (χ1n) is 22.6. The van der Waals surface area contributed by atoms with Crippen LogP contribution < -0.4 is 0 Å². The van der Waals surface area contributed by atoms with Gasteiger partial charge >= 0.3 is 0 Å². The number of allylic oxidation sites excluding steroid dienone is 4. The Balaban J connectivity index is 0.872. The average molecular weight is 763 g/mol. The summed E-state index contributed by atoms with van der Waals surface area (Å²) in [5.74, 6) is 3.11. The van der Waals surface area contributed by atoms with Crippen LogP contribution in [0.1, 0.15) is 176 Å². The molecule has 4 fully saturated rings. The molecule has 0 unspecified atom stereocenters. The molecule has 0 amide bonds. The van der Waals surface area contributed by atoms with Gasteiger partial charge in [-0.15, -0.1) is 0 Å². The first-order chi connectivity index (χ1) is 26.8. The van der Waals surface area contributed by atoms with E-state index in [1.165, 1.54) is 101 Å². The monoisotopic (exact) mass is 763 g/mol. The van der Waals surface area contributed by atoms with Crippen LogP contribution in [0.15, 0.2) is 48.6 Å². The predicted molar refractivity (Wildman–Crippen MR) is 219 cm³/mol. The molecule has 0 atom stereocenters. The van der Waals surface area contributed by atoms with Gasteiger partial charge < -0.3 is 4.74 Å². The first kappa shape index (κ1) is 42.2. The Morgan fingerprint density at radius 3 is 1.04 bits per heavy atom. The molecule has 55 heavy (non-hydrogen) atoms. The SMILES string of the molecule is C/C=C/C1CCC(CCC2CCC(c3cc(F)c(CCOCCc4c(F)cc(C5CCC(CCC6CCC(/C=C/C)CC6)CC5)cc4F)c(F)c3)CC2)CC1. The Labute approximate surface area is 331 Å². The largest absolute Gasteiger partial charge is 0.381 e. The van der Waals surface area contributed by atoms with Gasteiger partial charge in [0, 0.05) is 24.0 Å². The van der Waals surface area contributed by atoms with Gasteiger partial charge in [-0.05, 0) is 199 Å². The van der Waals surface area contributed by atoms with Crippen LogP contribution in [-0.2, 0) is 17.6 Å². The maximum atomic E-state index is 15.2. The zero-order valence-electron chi connectivity index (χ0n) is 34.1. The summed E-state index contributed by atoms with van der Waals surface area (Å²) in [6.07, 6.45) is 33.8. The van der Waals surface area contributed by atoms with Crippen LogP contribution in [-0.4, -0.2) is 13.2 Å². The highest BCUT2D eigenvalue weighted by atomic mass is 19.1. The molecule has 304 valence electrons. The minimum Gasteiger partial charge on any atom is -0.381 e. The van der Waals surface area contributed by atoms with E-state index in [9.17, 15) is 0 Å². The number of benzene rings is 2. The minimum atomic E-state index is -0.515. The van der Waals surface area contributed by atoms with Gasteiger partial charge in [-0.2, -0.15) is 0 Å². The topological polar surface area (TPSA) is 9.23 Å². The van der Waals surface area contributed by atoms with Crippen molar-refractivity contribution < 1.29 is 22.3 Å². The van der Waals surface area contributed by atoms with Crippen LogP contribution in [0, 0.1) is 58.8 Å². The Hall–Kier alpha value is -2.40. The molecule has 6 rings (SSSR count). The Kier molecular flexibility index (Phi) is 16.4. The molecule has 4 aliphatic rings. The van der Waals surface area contributed by atoms with Crippen LogP contribution in [0.2, 0.25) is 0 Å². The molecule has 0 heterocycles. The number of rotatable bonds is 16. The summed E-state index contributed by atoms with van der Waals surface area (Å²) in [5.41, 5.74) is 1.61. The number of ether oxygens (including phenoxy) is 1. The normalized spacial score (nSPS) is 29.3. The predicted octanol–water partition coefficient (Wildman–Crippen LogP) is 14.9. The zero-order valence-corrected chi connectivity index (χ0v) is 34.1. The quantitative estimate of drug-likeness (QED) is 0.0940. The van der Waals surface area contributed by atoms with Crippen molar-refractivity contribution in [1.29, 1.82) is 0 Å². The molecule has 5 heteroatoms. The molecule has 0 aromatic heterocycles. The molecule has 0 saturated heterocycles. The van der Waals surface area contributed by atoms with Gasteiger partial charge in [0.15, 0.2) is 0 Å². The van der Waals surface area contributed by atoms with Crippen LogP contribution in [0.25, 0.3) is 0 Å². The molecule has 4 aliphatic carbocycles. The highest BCUT2D eigenvalue weighted by Crippen LogP contribution is 2.42. The summed E-state index contributed by atoms with van der Waals surface area (Å²) in [7, 11) is 0. The van der Waals surface area contributed by atoms with E-state index in [-0.39, 0.29) is 49.0 Å². The third-order valence-corrected chi connectivity index (χ3v) is 14.6. The van der Waals surface area contributed by atoms with Crippen LogP contribution in [0.5, 0.6) is 0 Å². The van der Waals surface area contributed by atoms with Crippen LogP contribution in [0.3, 0.4) is 0 Å². The van der Waals surface area contributed by atoms with E-state index in [0.717, 1.165) is 98.0 Å². The molecular weight excluding hydrogens is 693 g/mol. The highest BCUT2D eigenvalue weighted by molar-refractivity contribution is 5.30. The summed E-state index contributed by atoms with van der Waals surface area (Å²) >= 11 is 0. The maximum absolute atomic E-state index is 15.2. The van der Waals surface area contributed by atoms with Gasteiger partial charge in [-0.1, -0.05) is 50.0 Å². The molecule has 1 nitrogen and oxygen atoms in total. The third-order valence-electron chi connectivity index (χ3n) is 14.6. The van der Waals surface area contributed by atoms with E-state index < -0.39 is 23.3 Å². The molecule has 2 aromatic rings. The van der Waals surface area contributed by atoms with Crippen molar-refractivity contribution in [3.63, 3.8) is 0 Å². The minimum absolute atomic E-state index is 0.0326. The smallest absolute Gasteiger partial charge is 0.129 e. The first-order valence-corrected chi connectivity index (χ1v) is 22.6. The van der Waals surface area contributed by atoms with E-state index in [1.807, 2.05) is 0 Å². The lowest BCUT2D eigenvalue weighted by atomic mass is 9.74. The van der Waals surface area contributed by atoms with Crippen molar-refractivity contribution in [1.82, 2.24) is 0 Å². The van der Waals surface area contributed by atoms with Gasteiger partial charge in [-0.3, -0.25) is 0 Å². The van der Waals surface area contributed by atoms with E-state index in [1.54, 1.807) is 0 Å². The van der Waals surface area contributed by atoms with E-state index in [4.69, 9.17) is 4.74 Å². The van der Waals surface area contributed by atoms with Crippen molar-refractivity contribution >= 4 is 0 Å². The number of halogens is 4. The van der Waals surface area contributed by atoms with Gasteiger partial charge in [-0.25, -0.2) is 17.6 Å². The number of hydrogen-bond acceptors (Lipinski definition) is 1. The van der Waals surface area contributed by atoms with Crippen molar-refractivity contribution in [2.75, 3.05) is 13.2 Å². The van der Waals surface area contributed by atoms with Crippen molar-refractivity contribution in [3.8, 4) is 0 Å². The molecular formula is C50H70F4O. The molecule has 4 saturated carbocycles. The van der Waals surface area contributed by atoms with Crippen molar-refractivity contribution in [2.24, 2.45) is 35.5 Å². The summed E-state index contributed by atoms with van der Waals surface area (Å²) in [6, 6.07) is 6.12. The summed E-state index contributed by atoms with van der Waals surface area (Å²) in [6.45, 7) is 4.43. The van der Waals surface area contributed by atoms with Gasteiger partial charge in [0.05, 0.1) is 13.2 Å². The summed E-state index contributed by atoms with van der Waals surface area (Å²) in [4.78, 5) is 0. The molecule has 0 spiro atoms. The van der Waals surface area contributed by atoms with E-state index >= 15 is 17.6 Å². The maximum Gasteiger partial charge on any atom is 0.129 e. The molecule has 0 aliphatic heterocycles. The fraction of sp³-hybridized carbons (Fsp3) is 0.680. The lowest BCUT2D eigenvalue weighted by Gasteiger charge is -2.31. The molecule has 0 bridgehead atoms. The highest BCUT2D eigenvalue weighted by Gasteiger charge is 2.28. The summed E-state index contributed by atoms with van der Waals surface area (Å²) in [5, 5.41) is 0. The summed E-state index contributed by atoms with van der Waals surface area (Å²) < 4.78 is 66.4. The average Bonchev–Trinajstić information content (AvgIpc) is 3.19. The molecule has 0 radical (unpaired) electrons. The Bertz CT molecular complexity index is 1350. The second-order valence-electron chi connectivity index (χ2n) is 18.2. The van der Waals surface area contributed by atoms with Gasteiger partial charge in [0.1, 0.15) is 23.3 Å². The van der Waals surface area contributed by atoms with Crippen molar-refractivity contribution in [2.45, 2.75) is 167 Å². The second-order valence-corrected chi connectivity index (χ2v) is 18.2. The number of hydrogen-bond donors (Lipinski definition) is 0. The van der Waals surface area contributed by atoms with E-state index in [2.05, 4.69) is 38.2 Å². The lowest BCUT2D eigenvalue weighted by molar-refractivity contribution is 0.137. The molecule has 2 aromatic carbocycles. The fourth-order valence-electron chi connectivity index (χ4n) is 11.0. The van der Waals surface area contributed by atoms with E-state index in [0.29, 0.717) is 0 Å². The lowest BCUT2D eigenvalue weighted by Crippen LogP contribution is -2.17. The fourth-order valence-corrected chi connectivity index (χ4v) is 11.0. The third kappa shape index (κ3) is 12.3. The Morgan fingerprint density at radius 2 is 0.745 bits per heavy atom. The van der Waals surface area contributed by atoms with Crippen LogP contribution >= 0.6 is 0 Å². The second kappa shape index (κ2) is 21.4. The van der Waals surface area contributed by atoms with Crippen LogP contribution in [0.4, 0.5) is 17.6 Å².